The van der Waals surface area contributed by atoms with Gasteiger partial charge in [-0.2, -0.15) is 5.26 Å². The lowest BCUT2D eigenvalue weighted by Gasteiger charge is -2.25. The van der Waals surface area contributed by atoms with Crippen LogP contribution in [0.1, 0.15) is 37.9 Å². The van der Waals surface area contributed by atoms with Crippen LogP contribution in [0.2, 0.25) is 0 Å². The van der Waals surface area contributed by atoms with E-state index in [1.54, 1.807) is 63.2 Å². The van der Waals surface area contributed by atoms with Crippen LogP contribution in [0.4, 0.5) is 0 Å². The quantitative estimate of drug-likeness (QED) is 0.308. The van der Waals surface area contributed by atoms with Crippen LogP contribution < -0.4 is 29.1 Å². The van der Waals surface area contributed by atoms with Crippen molar-refractivity contribution in [2.24, 2.45) is 4.99 Å². The van der Waals surface area contributed by atoms with Gasteiger partial charge in [0.15, 0.2) is 29.5 Å². The summed E-state index contributed by atoms with van der Waals surface area (Å²) in [4.78, 5) is 43.8. The number of nitriles is 1. The van der Waals surface area contributed by atoms with Crippen LogP contribution >= 0.6 is 11.3 Å². The lowest BCUT2D eigenvalue weighted by molar-refractivity contribution is -0.143. The molecule has 0 saturated carbocycles. The van der Waals surface area contributed by atoms with E-state index in [-0.39, 0.29) is 31.0 Å². The first-order valence-corrected chi connectivity index (χ1v) is 13.9. The maximum atomic E-state index is 13.9. The van der Waals surface area contributed by atoms with Crippen molar-refractivity contribution in [1.29, 1.82) is 5.26 Å². The number of ether oxygens (including phenoxy) is 5. The topological polar surface area (TPSA) is 138 Å². The summed E-state index contributed by atoms with van der Waals surface area (Å²) in [7, 11) is 1.26. The average Bonchev–Trinajstić information content (AvgIpc) is 3.28. The lowest BCUT2D eigenvalue weighted by atomic mass is 9.95. The number of benzene rings is 2. The second kappa shape index (κ2) is 13.6. The van der Waals surface area contributed by atoms with Gasteiger partial charge in [0.05, 0.1) is 42.2 Å². The number of hydrogen-bond acceptors (Lipinski definition) is 11. The first kappa shape index (κ1) is 30.1. The molecule has 218 valence electrons. The van der Waals surface area contributed by atoms with Gasteiger partial charge in [-0.05, 0) is 62.2 Å². The Morgan fingerprint density at radius 3 is 2.62 bits per heavy atom. The number of thiazole rings is 1. The van der Waals surface area contributed by atoms with Gasteiger partial charge in [0.1, 0.15) is 11.8 Å². The molecule has 0 spiro atoms. The van der Waals surface area contributed by atoms with Crippen LogP contribution in [-0.4, -0.2) is 50.0 Å². The minimum Gasteiger partial charge on any atom is -0.490 e. The van der Waals surface area contributed by atoms with Crippen LogP contribution in [0.15, 0.2) is 63.5 Å². The van der Waals surface area contributed by atoms with Gasteiger partial charge in [-0.25, -0.2) is 14.6 Å². The third kappa shape index (κ3) is 6.53. The molecule has 12 heteroatoms. The highest BCUT2D eigenvalue weighted by molar-refractivity contribution is 7.07. The lowest BCUT2D eigenvalue weighted by Crippen LogP contribution is -2.40. The van der Waals surface area contributed by atoms with Crippen molar-refractivity contribution >= 4 is 29.4 Å². The van der Waals surface area contributed by atoms with E-state index in [1.165, 1.54) is 23.0 Å². The number of carbonyl (C=O) groups is 2. The molecule has 1 aliphatic rings. The zero-order valence-electron chi connectivity index (χ0n) is 23.5. The zero-order chi connectivity index (χ0) is 30.2. The summed E-state index contributed by atoms with van der Waals surface area (Å²) in [6, 6.07) is 13.1. The Kier molecular flexibility index (Phi) is 9.77. The van der Waals surface area contributed by atoms with Crippen LogP contribution in [0.25, 0.3) is 6.08 Å². The van der Waals surface area contributed by atoms with Crippen molar-refractivity contribution in [3.8, 4) is 23.3 Å². The van der Waals surface area contributed by atoms with Gasteiger partial charge < -0.3 is 23.7 Å². The molecule has 1 aliphatic heterocycles. The molecule has 4 rings (SSSR count). The molecule has 11 nitrogen and oxygen atoms in total. The number of nitrogens with zero attached hydrogens (tertiary/aromatic N) is 3. The van der Waals surface area contributed by atoms with E-state index in [1.807, 2.05) is 12.1 Å². The smallest absolute Gasteiger partial charge is 0.343 e. The highest BCUT2D eigenvalue weighted by Crippen LogP contribution is 2.36. The van der Waals surface area contributed by atoms with Gasteiger partial charge in [0, 0.05) is 0 Å². The van der Waals surface area contributed by atoms with Gasteiger partial charge in [-0.1, -0.05) is 29.5 Å². The monoisotopic (exact) mass is 591 g/mol. The van der Waals surface area contributed by atoms with E-state index in [9.17, 15) is 14.4 Å². The second-order valence-electron chi connectivity index (χ2n) is 8.83. The first-order chi connectivity index (χ1) is 20.3. The highest BCUT2D eigenvalue weighted by atomic mass is 32.1. The minimum atomic E-state index is -0.874. The molecule has 0 unspecified atom stereocenters. The van der Waals surface area contributed by atoms with E-state index >= 15 is 0 Å². The second-order valence-corrected chi connectivity index (χ2v) is 9.83. The molecule has 0 bridgehead atoms. The standard InChI is InChI=1S/C30H29N3O8S/c1-5-38-23-16-20(10-11-22(23)41-17-25(34)37-4)27-26(29(36)39-6-2)18(3)32-30-33(27)28(35)24(42-30)15-19-8-7-9-21(14-19)40-13-12-31/h7-11,14-16,27H,5-6,13,17H2,1-4H3/b24-15+/t27-/m0/s1. The SMILES string of the molecule is CCOC(=O)C1=C(C)N=c2s/c(=C/c3cccc(OCC#N)c3)c(=O)n2[C@H]1c1ccc(OCC(=O)OC)c(OCC)c1. The van der Waals surface area contributed by atoms with Gasteiger partial charge in [-0.15, -0.1) is 0 Å². The molecular formula is C30H29N3O8S. The van der Waals surface area contributed by atoms with E-state index in [2.05, 4.69) is 9.73 Å². The van der Waals surface area contributed by atoms with Gasteiger partial charge in [0.2, 0.25) is 0 Å². The fraction of sp³-hybridized carbons (Fsp3) is 0.300. The number of fused-ring (bicyclic) bond motifs is 1. The van der Waals surface area contributed by atoms with E-state index in [0.29, 0.717) is 50.0 Å². The summed E-state index contributed by atoms with van der Waals surface area (Å²) >= 11 is 1.18. The summed E-state index contributed by atoms with van der Waals surface area (Å²) in [6.07, 6.45) is 1.71. The predicted molar refractivity (Wildman–Crippen MR) is 153 cm³/mol. The average molecular weight is 592 g/mol. The van der Waals surface area contributed by atoms with Crippen LogP contribution in [0, 0.1) is 11.3 Å². The molecule has 1 aromatic heterocycles. The summed E-state index contributed by atoms with van der Waals surface area (Å²) in [6.45, 7) is 5.23. The normalized spacial score (nSPS) is 14.4. The Morgan fingerprint density at radius 1 is 1.10 bits per heavy atom. The molecule has 1 atom stereocenters. The molecule has 3 aromatic rings. The number of allylic oxidation sites excluding steroid dienone is 1. The van der Waals surface area contributed by atoms with Crippen molar-refractivity contribution in [2.75, 3.05) is 33.5 Å². The number of aromatic nitrogens is 1. The third-order valence-corrected chi connectivity index (χ3v) is 7.12. The summed E-state index contributed by atoms with van der Waals surface area (Å²) in [5.74, 6) is -0.0268. The van der Waals surface area contributed by atoms with Crippen molar-refractivity contribution in [3.63, 3.8) is 0 Å². The van der Waals surface area contributed by atoms with Crippen LogP contribution in [0.3, 0.4) is 0 Å². The van der Waals surface area contributed by atoms with Crippen molar-refractivity contribution in [2.45, 2.75) is 26.8 Å². The van der Waals surface area contributed by atoms with E-state index in [4.69, 9.17) is 24.2 Å². The number of rotatable bonds is 11. The largest absolute Gasteiger partial charge is 0.490 e. The Balaban J connectivity index is 1.87. The third-order valence-electron chi connectivity index (χ3n) is 6.13. The molecular weight excluding hydrogens is 562 g/mol. The van der Waals surface area contributed by atoms with E-state index < -0.39 is 18.0 Å². The first-order valence-electron chi connectivity index (χ1n) is 13.1. The molecule has 0 aliphatic carbocycles. The number of esters is 2. The Morgan fingerprint density at radius 2 is 1.90 bits per heavy atom. The molecule has 42 heavy (non-hydrogen) atoms. The Hall–Kier alpha value is -4.89. The Labute approximate surface area is 245 Å². The van der Waals surface area contributed by atoms with Crippen molar-refractivity contribution < 1.29 is 33.3 Å². The maximum absolute atomic E-state index is 13.9. The van der Waals surface area contributed by atoms with Gasteiger partial charge in [-0.3, -0.25) is 9.36 Å². The molecule has 0 amide bonds. The number of methoxy groups -OCH3 is 1. The molecule has 0 radical (unpaired) electrons. The fourth-order valence-corrected chi connectivity index (χ4v) is 5.39. The molecule has 0 fully saturated rings. The van der Waals surface area contributed by atoms with Crippen molar-refractivity contribution in [1.82, 2.24) is 4.57 Å². The maximum Gasteiger partial charge on any atom is 0.343 e. The van der Waals surface area contributed by atoms with Gasteiger partial charge >= 0.3 is 11.9 Å². The molecule has 2 aromatic carbocycles. The minimum absolute atomic E-state index is 0.0994. The summed E-state index contributed by atoms with van der Waals surface area (Å²) in [5, 5.41) is 8.81. The number of carbonyl (C=O) groups excluding carboxylic acids is 2. The number of hydrogen-bond donors (Lipinski definition) is 0. The fourth-order valence-electron chi connectivity index (χ4n) is 4.35. The van der Waals surface area contributed by atoms with Crippen LogP contribution in [0.5, 0.6) is 17.2 Å². The molecule has 0 N–H and O–H groups in total. The zero-order valence-corrected chi connectivity index (χ0v) is 24.4. The summed E-state index contributed by atoms with van der Waals surface area (Å²) < 4.78 is 28.6. The van der Waals surface area contributed by atoms with E-state index in [0.717, 1.165) is 0 Å². The van der Waals surface area contributed by atoms with Crippen molar-refractivity contribution in [3.05, 3.63) is 84.5 Å². The summed E-state index contributed by atoms with van der Waals surface area (Å²) in [5.41, 5.74) is 1.53. The Bertz CT molecular complexity index is 1750. The molecule has 0 saturated heterocycles. The predicted octanol–water partition coefficient (Wildman–Crippen LogP) is 2.65. The highest BCUT2D eigenvalue weighted by Gasteiger charge is 2.34. The molecule has 2 heterocycles. The van der Waals surface area contributed by atoms with Gasteiger partial charge in [0.25, 0.3) is 5.56 Å². The van der Waals surface area contributed by atoms with Crippen LogP contribution in [-0.2, 0) is 19.1 Å².